The number of hydrogen-bond donors (Lipinski definition) is 1. The van der Waals surface area contributed by atoms with Crippen molar-refractivity contribution in [2.75, 3.05) is 21.4 Å². The van der Waals surface area contributed by atoms with Gasteiger partial charge < -0.3 is 29.3 Å². The molecule has 1 aromatic heterocycles. The third-order valence-corrected chi connectivity index (χ3v) is 11.1. The molecule has 6 heteroatoms. The van der Waals surface area contributed by atoms with Crippen molar-refractivity contribution in [3.8, 4) is 22.6 Å². The molecule has 56 heavy (non-hydrogen) atoms. The van der Waals surface area contributed by atoms with Gasteiger partial charge >= 0.3 is 0 Å². The van der Waals surface area contributed by atoms with Crippen LogP contribution in [0.25, 0.3) is 32.9 Å². The van der Waals surface area contributed by atoms with Crippen molar-refractivity contribution in [1.82, 2.24) is 9.88 Å². The van der Waals surface area contributed by atoms with Crippen LogP contribution in [0.5, 0.6) is 11.5 Å². The van der Waals surface area contributed by atoms with E-state index in [1.54, 1.807) is 0 Å². The Morgan fingerprint density at radius 3 is 2.04 bits per heavy atom. The molecule has 1 N–H and O–H groups in total. The minimum Gasteiger partial charge on any atom is -0.457 e. The summed E-state index contributed by atoms with van der Waals surface area (Å²) in [5, 5.41) is 5.99. The third kappa shape index (κ3) is 5.82. The largest absolute Gasteiger partial charge is 0.457 e. The molecule has 0 amide bonds. The maximum atomic E-state index is 6.74. The Morgan fingerprint density at radius 1 is 0.554 bits per heavy atom. The highest BCUT2D eigenvalue weighted by atomic mass is 16.5. The zero-order valence-electron chi connectivity index (χ0n) is 31.8. The van der Waals surface area contributed by atoms with Gasteiger partial charge in [-0.3, -0.25) is 0 Å². The molecule has 1 unspecified atom stereocenters. The highest BCUT2D eigenvalue weighted by molar-refractivity contribution is 6.08. The van der Waals surface area contributed by atoms with Crippen LogP contribution in [0.2, 0.25) is 0 Å². The lowest BCUT2D eigenvalue weighted by Crippen LogP contribution is -2.31. The molecule has 2 aliphatic heterocycles. The standard InChI is InChI=1S/C50H43N5O/c1-50(2,3)36-25-27-41(35-15-6-4-7-16-35)47(31-36)54-34-53(45-23-12-13-24-46(45)54)38-19-14-20-39(32-38)56-40-26-28-43-42-21-10-11-22-44(42)55(48(43)33-40)49-51-29-30-52(49)37-17-8-5-9-18-37/h4-33,49,51H,34H2,1-3H3. The van der Waals surface area contributed by atoms with E-state index in [1.807, 2.05) is 12.3 Å². The number of rotatable bonds is 7. The van der Waals surface area contributed by atoms with E-state index in [2.05, 4.69) is 215 Å². The first kappa shape index (κ1) is 33.6. The number of nitrogens with zero attached hydrogens (tertiary/aromatic N) is 4. The molecular formula is C50H43N5O. The van der Waals surface area contributed by atoms with E-state index in [0.29, 0.717) is 6.67 Å². The van der Waals surface area contributed by atoms with Crippen LogP contribution in [0.4, 0.5) is 28.4 Å². The Labute approximate surface area is 328 Å². The van der Waals surface area contributed by atoms with Gasteiger partial charge in [-0.05, 0) is 77.2 Å². The van der Waals surface area contributed by atoms with E-state index in [-0.39, 0.29) is 11.7 Å². The van der Waals surface area contributed by atoms with Gasteiger partial charge in [0.1, 0.15) is 18.2 Å². The summed E-state index contributed by atoms with van der Waals surface area (Å²) < 4.78 is 9.11. The van der Waals surface area contributed by atoms with Gasteiger partial charge in [-0.2, -0.15) is 0 Å². The minimum absolute atomic E-state index is 0.0116. The van der Waals surface area contributed by atoms with Crippen LogP contribution in [-0.2, 0) is 5.41 Å². The van der Waals surface area contributed by atoms with Crippen LogP contribution < -0.4 is 24.8 Å². The van der Waals surface area contributed by atoms with Crippen molar-refractivity contribution >= 4 is 50.2 Å². The van der Waals surface area contributed by atoms with E-state index >= 15 is 0 Å². The molecule has 8 aromatic rings. The second kappa shape index (κ2) is 13.4. The smallest absolute Gasteiger partial charge is 0.186 e. The minimum atomic E-state index is -0.136. The maximum absolute atomic E-state index is 6.74. The summed E-state index contributed by atoms with van der Waals surface area (Å²) in [6.07, 6.45) is 3.99. The van der Waals surface area contributed by atoms with E-state index in [9.17, 15) is 0 Å². The molecule has 274 valence electrons. The summed E-state index contributed by atoms with van der Waals surface area (Å²) in [4.78, 5) is 7.11. The van der Waals surface area contributed by atoms with Crippen LogP contribution in [0.1, 0.15) is 32.6 Å². The molecule has 0 radical (unpaired) electrons. The number of nitrogens with one attached hydrogen (secondary N) is 1. The Morgan fingerprint density at radius 2 is 1.23 bits per heavy atom. The fraction of sp³-hybridized carbons (Fsp3) is 0.120. The highest BCUT2D eigenvalue weighted by Crippen LogP contribution is 2.48. The van der Waals surface area contributed by atoms with Gasteiger partial charge in [0.25, 0.3) is 0 Å². The van der Waals surface area contributed by atoms with Gasteiger partial charge in [0.05, 0.1) is 28.1 Å². The van der Waals surface area contributed by atoms with E-state index in [4.69, 9.17) is 4.74 Å². The number of aromatic nitrogens is 1. The molecule has 0 saturated heterocycles. The normalized spacial score (nSPS) is 15.1. The first-order chi connectivity index (χ1) is 27.4. The summed E-state index contributed by atoms with van der Waals surface area (Å²) in [6, 6.07) is 60.4. The lowest BCUT2D eigenvalue weighted by atomic mass is 9.85. The second-order valence-corrected chi connectivity index (χ2v) is 15.6. The van der Waals surface area contributed by atoms with Gasteiger partial charge in [0.2, 0.25) is 0 Å². The van der Waals surface area contributed by atoms with Crippen LogP contribution >= 0.6 is 0 Å². The summed E-state index contributed by atoms with van der Waals surface area (Å²) in [6.45, 7) is 7.51. The molecule has 0 fully saturated rings. The number of benzene rings is 7. The lowest BCUT2D eigenvalue weighted by molar-refractivity contribution is 0.481. The van der Waals surface area contributed by atoms with Gasteiger partial charge in [-0.1, -0.05) is 118 Å². The van der Waals surface area contributed by atoms with Gasteiger partial charge in [-0.15, -0.1) is 0 Å². The quantitative estimate of drug-likeness (QED) is 0.177. The van der Waals surface area contributed by atoms with Crippen molar-refractivity contribution in [3.63, 3.8) is 0 Å². The van der Waals surface area contributed by atoms with Crippen molar-refractivity contribution in [2.45, 2.75) is 32.5 Å². The topological polar surface area (TPSA) is 35.9 Å². The first-order valence-corrected chi connectivity index (χ1v) is 19.3. The average molecular weight is 730 g/mol. The van der Waals surface area contributed by atoms with Gasteiger partial charge in [0.15, 0.2) is 6.29 Å². The van der Waals surface area contributed by atoms with Crippen LogP contribution in [0, 0.1) is 0 Å². The molecule has 0 saturated carbocycles. The Bertz CT molecular complexity index is 2750. The number of anilines is 5. The number of ether oxygens (including phenoxy) is 1. The third-order valence-electron chi connectivity index (χ3n) is 11.1. The van der Waals surface area contributed by atoms with Crippen molar-refractivity contribution < 1.29 is 4.74 Å². The maximum Gasteiger partial charge on any atom is 0.186 e. The molecular weight excluding hydrogens is 687 g/mol. The van der Waals surface area contributed by atoms with Gasteiger partial charge in [-0.25, -0.2) is 0 Å². The fourth-order valence-electron chi connectivity index (χ4n) is 8.28. The molecule has 0 spiro atoms. The number of fused-ring (bicyclic) bond motifs is 4. The Balaban J connectivity index is 1.00. The monoisotopic (exact) mass is 729 g/mol. The van der Waals surface area contributed by atoms with Crippen molar-refractivity contribution in [3.05, 3.63) is 188 Å². The van der Waals surface area contributed by atoms with E-state index < -0.39 is 0 Å². The van der Waals surface area contributed by atoms with Crippen molar-refractivity contribution in [2.24, 2.45) is 0 Å². The molecule has 6 nitrogen and oxygen atoms in total. The lowest BCUT2D eigenvalue weighted by Gasteiger charge is -2.28. The zero-order chi connectivity index (χ0) is 37.8. The average Bonchev–Trinajstić information content (AvgIpc) is 3.95. The second-order valence-electron chi connectivity index (χ2n) is 15.6. The van der Waals surface area contributed by atoms with E-state index in [1.165, 1.54) is 38.8 Å². The van der Waals surface area contributed by atoms with Crippen LogP contribution in [0.15, 0.2) is 182 Å². The molecule has 10 rings (SSSR count). The predicted molar refractivity (Wildman–Crippen MR) is 232 cm³/mol. The zero-order valence-corrected chi connectivity index (χ0v) is 31.8. The Hall–Kier alpha value is -6.92. The van der Waals surface area contributed by atoms with Crippen molar-refractivity contribution in [1.29, 1.82) is 0 Å². The molecule has 0 aliphatic carbocycles. The van der Waals surface area contributed by atoms with Gasteiger partial charge in [0, 0.05) is 52.2 Å². The molecule has 7 aromatic carbocycles. The highest BCUT2D eigenvalue weighted by Gasteiger charge is 2.31. The molecule has 2 aliphatic rings. The molecule has 0 bridgehead atoms. The fourth-order valence-corrected chi connectivity index (χ4v) is 8.28. The summed E-state index contributed by atoms with van der Waals surface area (Å²) in [5.41, 5.74) is 11.7. The molecule has 1 atom stereocenters. The summed E-state index contributed by atoms with van der Waals surface area (Å²) >= 11 is 0. The van der Waals surface area contributed by atoms with Crippen LogP contribution in [-0.4, -0.2) is 11.2 Å². The number of hydrogen-bond acceptors (Lipinski definition) is 5. The first-order valence-electron chi connectivity index (χ1n) is 19.3. The Kier molecular flexibility index (Phi) is 8.07. The summed E-state index contributed by atoms with van der Waals surface area (Å²) in [7, 11) is 0. The van der Waals surface area contributed by atoms with Crippen LogP contribution in [0.3, 0.4) is 0 Å². The SMILES string of the molecule is CC(C)(C)c1ccc(-c2ccccc2)c(N2CN(c3cccc(Oc4ccc5c6ccccc6n(C6NC=CN6c6ccccc6)c5c4)c3)c3ccccc32)c1. The van der Waals surface area contributed by atoms with E-state index in [0.717, 1.165) is 39.6 Å². The summed E-state index contributed by atoms with van der Waals surface area (Å²) in [5.74, 6) is 1.57. The number of para-hydroxylation sites is 4. The predicted octanol–water partition coefficient (Wildman–Crippen LogP) is 12.8. The molecule has 3 heterocycles.